The summed E-state index contributed by atoms with van der Waals surface area (Å²) < 4.78 is 7.88. The number of hydrogen-bond donors (Lipinski definition) is 2. The Bertz CT molecular complexity index is 849. The molecule has 2 aromatic rings. The second-order valence-corrected chi connectivity index (χ2v) is 8.93. The van der Waals surface area contributed by atoms with Gasteiger partial charge in [-0.05, 0) is 36.0 Å². The molecule has 9 heteroatoms. The zero-order chi connectivity index (χ0) is 22.3. The van der Waals surface area contributed by atoms with Crippen LogP contribution in [0.1, 0.15) is 46.0 Å². The van der Waals surface area contributed by atoms with Crippen LogP contribution in [0, 0.1) is 11.8 Å². The SMILES string of the molecule is CCc1ccc(OCc2nnc(S[C@H](C(=O)NC(N)=O)C(C)C)n2CC(C)C)cc1. The molecule has 1 heterocycles. The van der Waals surface area contributed by atoms with E-state index in [9.17, 15) is 9.59 Å². The van der Waals surface area contributed by atoms with Crippen LogP contribution in [0.4, 0.5) is 4.79 Å². The van der Waals surface area contributed by atoms with Crippen LogP contribution in [-0.2, 0) is 24.4 Å². The topological polar surface area (TPSA) is 112 Å². The number of nitrogens with one attached hydrogen (secondary N) is 1. The van der Waals surface area contributed by atoms with Gasteiger partial charge in [-0.1, -0.05) is 58.5 Å². The van der Waals surface area contributed by atoms with Crippen molar-refractivity contribution in [1.29, 1.82) is 0 Å². The van der Waals surface area contributed by atoms with Crippen molar-refractivity contribution in [2.75, 3.05) is 0 Å². The molecule has 3 amide bonds. The number of nitrogens with two attached hydrogens (primary N) is 1. The summed E-state index contributed by atoms with van der Waals surface area (Å²) in [6, 6.07) is 7.11. The van der Waals surface area contributed by atoms with Gasteiger partial charge >= 0.3 is 6.03 Å². The maximum Gasteiger partial charge on any atom is 0.318 e. The van der Waals surface area contributed by atoms with Crippen molar-refractivity contribution in [1.82, 2.24) is 20.1 Å². The third-order valence-electron chi connectivity index (χ3n) is 4.38. The van der Waals surface area contributed by atoms with Crippen LogP contribution in [0.15, 0.2) is 29.4 Å². The molecule has 164 valence electrons. The summed E-state index contributed by atoms with van der Waals surface area (Å²) >= 11 is 1.28. The van der Waals surface area contributed by atoms with Gasteiger partial charge in [0.2, 0.25) is 5.91 Å². The minimum absolute atomic E-state index is 0.0321. The molecule has 0 aliphatic rings. The molecule has 0 saturated carbocycles. The highest BCUT2D eigenvalue weighted by Crippen LogP contribution is 2.28. The highest BCUT2D eigenvalue weighted by atomic mass is 32.2. The Morgan fingerprint density at radius 2 is 1.83 bits per heavy atom. The van der Waals surface area contributed by atoms with E-state index in [2.05, 4.69) is 36.3 Å². The van der Waals surface area contributed by atoms with E-state index >= 15 is 0 Å². The molecule has 30 heavy (non-hydrogen) atoms. The molecule has 3 N–H and O–H groups in total. The summed E-state index contributed by atoms with van der Waals surface area (Å²) in [5.41, 5.74) is 6.36. The minimum Gasteiger partial charge on any atom is -0.486 e. The Morgan fingerprint density at radius 3 is 2.37 bits per heavy atom. The number of thioether (sulfide) groups is 1. The number of carbonyl (C=O) groups excluding carboxylic acids is 2. The summed E-state index contributed by atoms with van der Waals surface area (Å²) in [4.78, 5) is 23.5. The van der Waals surface area contributed by atoms with E-state index in [-0.39, 0.29) is 12.5 Å². The predicted molar refractivity (Wildman–Crippen MR) is 117 cm³/mol. The van der Waals surface area contributed by atoms with Crippen LogP contribution in [0.5, 0.6) is 5.75 Å². The summed E-state index contributed by atoms with van der Waals surface area (Å²) in [6.07, 6.45) is 0.976. The fraction of sp³-hybridized carbons (Fsp3) is 0.524. The van der Waals surface area contributed by atoms with E-state index in [0.29, 0.717) is 23.4 Å². The number of imide groups is 1. The number of aryl methyl sites for hydroxylation is 1. The Kier molecular flexibility index (Phi) is 8.71. The van der Waals surface area contributed by atoms with Crippen molar-refractivity contribution in [2.24, 2.45) is 17.6 Å². The van der Waals surface area contributed by atoms with Crippen molar-refractivity contribution >= 4 is 23.7 Å². The zero-order valence-electron chi connectivity index (χ0n) is 18.2. The van der Waals surface area contributed by atoms with Crippen LogP contribution in [-0.4, -0.2) is 32.0 Å². The van der Waals surface area contributed by atoms with Gasteiger partial charge in [0.1, 0.15) is 12.4 Å². The first-order valence-corrected chi connectivity index (χ1v) is 11.0. The number of carbonyl (C=O) groups is 2. The number of ether oxygens (including phenoxy) is 1. The maximum atomic E-state index is 12.4. The largest absolute Gasteiger partial charge is 0.486 e. The van der Waals surface area contributed by atoms with Gasteiger partial charge in [-0.2, -0.15) is 0 Å². The first-order valence-electron chi connectivity index (χ1n) is 10.1. The molecule has 0 fully saturated rings. The van der Waals surface area contributed by atoms with Crippen molar-refractivity contribution < 1.29 is 14.3 Å². The standard InChI is InChI=1S/C21H31N5O3S/c1-6-15-7-9-16(10-8-15)29-12-17-24-25-21(26(17)11-13(2)3)30-18(14(4)5)19(27)23-20(22)28/h7-10,13-14,18H,6,11-12H2,1-5H3,(H3,22,23,27,28)/t18-/m0/s1. The van der Waals surface area contributed by atoms with Crippen molar-refractivity contribution in [3.05, 3.63) is 35.7 Å². The molecule has 0 unspecified atom stereocenters. The van der Waals surface area contributed by atoms with Gasteiger partial charge in [-0.25, -0.2) is 4.79 Å². The molecule has 1 aromatic carbocycles. The predicted octanol–water partition coefficient (Wildman–Crippen LogP) is 3.39. The lowest BCUT2D eigenvalue weighted by atomic mass is 10.1. The smallest absolute Gasteiger partial charge is 0.318 e. The van der Waals surface area contributed by atoms with Crippen molar-refractivity contribution in [2.45, 2.75) is 64.6 Å². The quantitative estimate of drug-likeness (QED) is 0.556. The molecule has 2 rings (SSSR count). The van der Waals surface area contributed by atoms with Crippen LogP contribution < -0.4 is 15.8 Å². The zero-order valence-corrected chi connectivity index (χ0v) is 19.0. The Balaban J connectivity index is 2.19. The van der Waals surface area contributed by atoms with Gasteiger partial charge in [-0.15, -0.1) is 10.2 Å². The molecule has 0 aliphatic heterocycles. The van der Waals surface area contributed by atoms with Gasteiger partial charge in [0.05, 0.1) is 5.25 Å². The summed E-state index contributed by atoms with van der Waals surface area (Å²) in [7, 11) is 0. The van der Waals surface area contributed by atoms with Gasteiger partial charge < -0.3 is 15.0 Å². The second kappa shape index (κ2) is 11.0. The Labute approximate surface area is 182 Å². The van der Waals surface area contributed by atoms with Gasteiger partial charge in [0.25, 0.3) is 0 Å². The van der Waals surface area contributed by atoms with Gasteiger partial charge in [0.15, 0.2) is 11.0 Å². The van der Waals surface area contributed by atoms with Crippen LogP contribution in [0.3, 0.4) is 0 Å². The second-order valence-electron chi connectivity index (χ2n) is 7.83. The van der Waals surface area contributed by atoms with Gasteiger partial charge in [0, 0.05) is 6.54 Å². The average Bonchev–Trinajstić information content (AvgIpc) is 3.04. The highest BCUT2D eigenvalue weighted by molar-refractivity contribution is 8.00. The first-order chi connectivity index (χ1) is 14.2. The summed E-state index contributed by atoms with van der Waals surface area (Å²) in [5, 5.41) is 10.8. The Hall–Kier alpha value is -2.55. The lowest BCUT2D eigenvalue weighted by Crippen LogP contribution is -2.42. The lowest BCUT2D eigenvalue weighted by molar-refractivity contribution is -0.120. The molecule has 0 bridgehead atoms. The molecule has 1 aromatic heterocycles. The molecular weight excluding hydrogens is 402 g/mol. The fourth-order valence-corrected chi connectivity index (χ4v) is 3.89. The van der Waals surface area contributed by atoms with E-state index in [4.69, 9.17) is 10.5 Å². The third-order valence-corrected chi connectivity index (χ3v) is 5.91. The van der Waals surface area contributed by atoms with E-state index < -0.39 is 17.2 Å². The monoisotopic (exact) mass is 433 g/mol. The molecule has 0 radical (unpaired) electrons. The number of benzene rings is 1. The van der Waals surface area contributed by atoms with Crippen molar-refractivity contribution in [3.63, 3.8) is 0 Å². The molecule has 0 spiro atoms. The molecule has 8 nitrogen and oxygen atoms in total. The highest BCUT2D eigenvalue weighted by Gasteiger charge is 2.28. The van der Waals surface area contributed by atoms with Crippen LogP contribution in [0.25, 0.3) is 0 Å². The number of primary amides is 1. The van der Waals surface area contributed by atoms with E-state index in [1.165, 1.54) is 17.3 Å². The van der Waals surface area contributed by atoms with E-state index in [0.717, 1.165) is 12.2 Å². The van der Waals surface area contributed by atoms with E-state index in [1.807, 2.05) is 42.7 Å². The number of hydrogen-bond acceptors (Lipinski definition) is 6. The number of amides is 3. The van der Waals surface area contributed by atoms with Gasteiger partial charge in [-0.3, -0.25) is 10.1 Å². The maximum absolute atomic E-state index is 12.4. The lowest BCUT2D eigenvalue weighted by Gasteiger charge is -2.19. The molecule has 0 saturated heterocycles. The fourth-order valence-electron chi connectivity index (χ4n) is 2.83. The number of nitrogens with zero attached hydrogens (tertiary/aromatic N) is 3. The summed E-state index contributed by atoms with van der Waals surface area (Å²) in [5.74, 6) is 1.33. The van der Waals surface area contributed by atoms with Crippen LogP contribution >= 0.6 is 11.8 Å². The molecular formula is C21H31N5O3S. The molecule has 0 aliphatic carbocycles. The van der Waals surface area contributed by atoms with Crippen LogP contribution in [0.2, 0.25) is 0 Å². The number of urea groups is 1. The Morgan fingerprint density at radius 1 is 1.17 bits per heavy atom. The average molecular weight is 434 g/mol. The van der Waals surface area contributed by atoms with Crippen molar-refractivity contribution in [3.8, 4) is 5.75 Å². The first kappa shape index (κ1) is 23.7. The summed E-state index contributed by atoms with van der Waals surface area (Å²) in [6.45, 7) is 11.1. The van der Waals surface area contributed by atoms with E-state index in [1.54, 1.807) is 0 Å². The normalized spacial score (nSPS) is 12.2. The number of aromatic nitrogens is 3. The number of rotatable bonds is 10. The molecule has 1 atom stereocenters. The third kappa shape index (κ3) is 6.76. The minimum atomic E-state index is -0.863.